The van der Waals surface area contributed by atoms with Crippen molar-refractivity contribution in [3.63, 3.8) is 0 Å². The largest absolute Gasteiger partial charge is 0.497 e. The maximum absolute atomic E-state index is 13.7. The Balaban J connectivity index is 1.17. The molecule has 0 bridgehead atoms. The predicted molar refractivity (Wildman–Crippen MR) is 211 cm³/mol. The van der Waals surface area contributed by atoms with Crippen LogP contribution in [0.2, 0.25) is 10.0 Å². The van der Waals surface area contributed by atoms with Crippen molar-refractivity contribution in [2.45, 2.75) is 10.1 Å². The molecule has 3 N–H and O–H groups in total. The Hall–Kier alpha value is -5.39. The molecule has 0 fully saturated rings. The number of ether oxygens (including phenoxy) is 1. The molecule has 12 heteroatoms. The van der Waals surface area contributed by atoms with Gasteiger partial charge in [0.05, 0.1) is 22.8 Å². The summed E-state index contributed by atoms with van der Waals surface area (Å²) in [5.41, 5.74) is 3.75. The normalized spacial score (nSPS) is 11.7. The summed E-state index contributed by atoms with van der Waals surface area (Å²) in [5.74, 6) is -0.516. The van der Waals surface area contributed by atoms with Crippen molar-refractivity contribution in [1.82, 2.24) is 10.3 Å². The van der Waals surface area contributed by atoms with Crippen LogP contribution in [0.15, 0.2) is 143 Å². The number of aromatic nitrogens is 1. The molecule has 52 heavy (non-hydrogen) atoms. The van der Waals surface area contributed by atoms with Crippen LogP contribution >= 0.6 is 46.3 Å². The molecular formula is C40H30Cl2N4O4S2. The SMILES string of the molecule is COc1ccc(-c2csc(NC(=O)C(Sc3ccc(NC(=O)/C(=C/c4cccc(Cl)c4Cl)NC(=O)c4ccccc4)cc3)c3ccccc3)n2)cc1. The van der Waals surface area contributed by atoms with E-state index in [4.69, 9.17) is 27.9 Å². The van der Waals surface area contributed by atoms with Gasteiger partial charge in [0, 0.05) is 27.1 Å². The van der Waals surface area contributed by atoms with Gasteiger partial charge < -0.3 is 20.7 Å². The fraction of sp³-hybridized carbons (Fsp3) is 0.0500. The van der Waals surface area contributed by atoms with E-state index in [9.17, 15) is 14.4 Å². The van der Waals surface area contributed by atoms with E-state index < -0.39 is 17.1 Å². The summed E-state index contributed by atoms with van der Waals surface area (Å²) in [6.07, 6.45) is 1.47. The quantitative estimate of drug-likeness (QED) is 0.0846. The molecule has 8 nitrogen and oxygen atoms in total. The second-order valence-corrected chi connectivity index (χ2v) is 14.0. The summed E-state index contributed by atoms with van der Waals surface area (Å²) >= 11 is 15.3. The van der Waals surface area contributed by atoms with Crippen LogP contribution in [0.4, 0.5) is 10.8 Å². The Morgan fingerprint density at radius 1 is 0.808 bits per heavy atom. The number of nitrogens with one attached hydrogen (secondary N) is 3. The lowest BCUT2D eigenvalue weighted by atomic mass is 10.1. The first-order valence-electron chi connectivity index (χ1n) is 15.8. The molecule has 260 valence electrons. The van der Waals surface area contributed by atoms with Crippen molar-refractivity contribution < 1.29 is 19.1 Å². The summed E-state index contributed by atoms with van der Waals surface area (Å²) in [6, 6.07) is 37.7. The molecule has 0 aliphatic heterocycles. The molecule has 0 aliphatic rings. The Morgan fingerprint density at radius 3 is 2.19 bits per heavy atom. The van der Waals surface area contributed by atoms with Gasteiger partial charge in [-0.15, -0.1) is 23.1 Å². The Morgan fingerprint density at radius 2 is 1.50 bits per heavy atom. The van der Waals surface area contributed by atoms with Crippen molar-refractivity contribution in [1.29, 1.82) is 0 Å². The Labute approximate surface area is 318 Å². The molecular weight excluding hydrogens is 736 g/mol. The van der Waals surface area contributed by atoms with E-state index in [0.29, 0.717) is 27.0 Å². The van der Waals surface area contributed by atoms with E-state index in [-0.39, 0.29) is 16.6 Å². The van der Waals surface area contributed by atoms with Gasteiger partial charge in [0.15, 0.2) is 5.13 Å². The zero-order chi connectivity index (χ0) is 36.5. The number of carbonyl (C=O) groups is 3. The lowest BCUT2D eigenvalue weighted by molar-refractivity contribution is -0.116. The zero-order valence-corrected chi connectivity index (χ0v) is 30.7. The lowest BCUT2D eigenvalue weighted by Gasteiger charge is -2.17. The van der Waals surface area contributed by atoms with Crippen LogP contribution in [0.1, 0.15) is 26.7 Å². The second kappa shape index (κ2) is 17.2. The fourth-order valence-corrected chi connectivity index (χ4v) is 7.09. The average molecular weight is 766 g/mol. The second-order valence-electron chi connectivity index (χ2n) is 11.2. The Bertz CT molecular complexity index is 2210. The molecule has 3 amide bonds. The molecule has 0 aliphatic carbocycles. The minimum Gasteiger partial charge on any atom is -0.497 e. The van der Waals surface area contributed by atoms with Gasteiger partial charge in [0.1, 0.15) is 16.7 Å². The number of carbonyl (C=O) groups excluding carboxylic acids is 3. The molecule has 1 atom stereocenters. The average Bonchev–Trinajstić information content (AvgIpc) is 3.65. The van der Waals surface area contributed by atoms with Gasteiger partial charge in [0.2, 0.25) is 5.91 Å². The number of benzene rings is 5. The van der Waals surface area contributed by atoms with Crippen LogP contribution < -0.4 is 20.7 Å². The third-order valence-electron chi connectivity index (χ3n) is 7.64. The van der Waals surface area contributed by atoms with Crippen molar-refractivity contribution in [3.8, 4) is 17.0 Å². The summed E-state index contributed by atoms with van der Waals surface area (Å²) in [7, 11) is 1.62. The topological polar surface area (TPSA) is 109 Å². The van der Waals surface area contributed by atoms with Crippen LogP contribution in [-0.4, -0.2) is 29.8 Å². The van der Waals surface area contributed by atoms with Gasteiger partial charge in [-0.2, -0.15) is 0 Å². The van der Waals surface area contributed by atoms with Crippen molar-refractivity contribution in [3.05, 3.63) is 165 Å². The number of hydrogen-bond acceptors (Lipinski definition) is 7. The van der Waals surface area contributed by atoms with Crippen molar-refractivity contribution in [2.24, 2.45) is 0 Å². The van der Waals surface area contributed by atoms with Crippen LogP contribution in [0.5, 0.6) is 5.75 Å². The van der Waals surface area contributed by atoms with Crippen LogP contribution in [-0.2, 0) is 9.59 Å². The highest BCUT2D eigenvalue weighted by atomic mass is 35.5. The van der Waals surface area contributed by atoms with Gasteiger partial charge in [-0.25, -0.2) is 4.98 Å². The zero-order valence-electron chi connectivity index (χ0n) is 27.5. The molecule has 0 spiro atoms. The van der Waals surface area contributed by atoms with E-state index in [1.807, 2.05) is 72.1 Å². The molecule has 1 heterocycles. The summed E-state index contributed by atoms with van der Waals surface area (Å²) in [4.78, 5) is 45.8. The van der Waals surface area contributed by atoms with E-state index in [0.717, 1.165) is 27.5 Å². The van der Waals surface area contributed by atoms with Crippen molar-refractivity contribution in [2.75, 3.05) is 17.7 Å². The maximum Gasteiger partial charge on any atom is 0.272 e. The molecule has 1 aromatic heterocycles. The number of thioether (sulfide) groups is 1. The summed E-state index contributed by atoms with van der Waals surface area (Å²) in [5, 5.41) is 10.9. The molecule has 0 saturated carbocycles. The maximum atomic E-state index is 13.7. The van der Waals surface area contributed by atoms with Crippen LogP contribution in [0.3, 0.4) is 0 Å². The van der Waals surface area contributed by atoms with E-state index >= 15 is 0 Å². The highest BCUT2D eigenvalue weighted by molar-refractivity contribution is 8.00. The van der Waals surface area contributed by atoms with Gasteiger partial charge in [-0.1, -0.05) is 83.9 Å². The fourth-order valence-electron chi connectivity index (χ4n) is 4.98. The third-order valence-corrected chi connectivity index (χ3v) is 10.5. The van der Waals surface area contributed by atoms with Crippen molar-refractivity contribution >= 4 is 80.9 Å². The molecule has 0 radical (unpaired) electrons. The first-order valence-corrected chi connectivity index (χ1v) is 18.3. The van der Waals surface area contributed by atoms with E-state index in [2.05, 4.69) is 20.9 Å². The predicted octanol–water partition coefficient (Wildman–Crippen LogP) is 10.0. The van der Waals surface area contributed by atoms with Crippen LogP contribution in [0.25, 0.3) is 17.3 Å². The highest BCUT2D eigenvalue weighted by Crippen LogP contribution is 2.37. The number of thiazole rings is 1. The monoisotopic (exact) mass is 764 g/mol. The minimum atomic E-state index is -0.597. The van der Waals surface area contributed by atoms with Gasteiger partial charge in [-0.05, 0) is 83.9 Å². The minimum absolute atomic E-state index is 0.0328. The van der Waals surface area contributed by atoms with Crippen LogP contribution in [0, 0.1) is 0 Å². The summed E-state index contributed by atoms with van der Waals surface area (Å²) in [6.45, 7) is 0. The van der Waals surface area contributed by atoms with E-state index in [1.54, 1.807) is 67.8 Å². The molecule has 6 rings (SSSR count). The van der Waals surface area contributed by atoms with Gasteiger partial charge in [-0.3, -0.25) is 14.4 Å². The molecule has 1 unspecified atom stereocenters. The first-order chi connectivity index (χ1) is 25.3. The number of rotatable bonds is 12. The number of nitrogens with zero attached hydrogens (tertiary/aromatic N) is 1. The van der Waals surface area contributed by atoms with E-state index in [1.165, 1.54) is 29.2 Å². The Kier molecular flexibility index (Phi) is 12.1. The number of methoxy groups -OCH3 is 1. The highest BCUT2D eigenvalue weighted by Gasteiger charge is 2.24. The number of amides is 3. The number of halogens is 2. The van der Waals surface area contributed by atoms with Gasteiger partial charge >= 0.3 is 0 Å². The molecule has 5 aromatic carbocycles. The third kappa shape index (κ3) is 9.28. The smallest absolute Gasteiger partial charge is 0.272 e. The number of anilines is 2. The summed E-state index contributed by atoms with van der Waals surface area (Å²) < 4.78 is 5.25. The molecule has 6 aromatic rings. The standard InChI is InChI=1S/C40H30Cl2N4O4S2/c1-50-30-19-15-25(16-20-30)34-24-51-40(45-34)46-39(49)36(26-9-4-2-5-10-26)52-31-21-17-29(18-22-31)43-38(48)33(23-28-13-8-14-32(41)35(28)42)44-37(47)27-11-6-3-7-12-27/h2-24,36H,1H3,(H,43,48)(H,44,47)(H,45,46,49)/b33-23-. The molecule has 0 saturated heterocycles. The van der Waals surface area contributed by atoms with Gasteiger partial charge in [0.25, 0.3) is 11.8 Å². The first kappa shape index (κ1) is 36.4. The lowest BCUT2D eigenvalue weighted by Crippen LogP contribution is -2.30. The number of hydrogen-bond donors (Lipinski definition) is 3.